The second kappa shape index (κ2) is 8.05. The maximum absolute atomic E-state index is 14.4. The number of rotatable bonds is 4. The van der Waals surface area contributed by atoms with Gasteiger partial charge in [0.15, 0.2) is 11.5 Å². The zero-order chi connectivity index (χ0) is 25.9. The van der Waals surface area contributed by atoms with Gasteiger partial charge in [0.1, 0.15) is 40.1 Å². The van der Waals surface area contributed by atoms with Crippen LogP contribution in [0, 0.1) is 11.6 Å². The summed E-state index contributed by atoms with van der Waals surface area (Å²) < 4.78 is 29.8. The molecule has 9 nitrogen and oxygen atoms in total. The fraction of sp³-hybridized carbons (Fsp3) is 0.115. The van der Waals surface area contributed by atoms with Crippen LogP contribution in [0.25, 0.3) is 17.2 Å². The minimum absolute atomic E-state index is 0.0104. The van der Waals surface area contributed by atoms with E-state index in [1.165, 1.54) is 12.1 Å². The molecule has 11 heteroatoms. The molecule has 0 fully saturated rings. The smallest absolute Gasteiger partial charge is 0.240 e. The van der Waals surface area contributed by atoms with Crippen molar-refractivity contribution in [3.05, 3.63) is 95.1 Å². The second-order valence-corrected chi connectivity index (χ2v) is 8.93. The van der Waals surface area contributed by atoms with Crippen molar-refractivity contribution in [3.63, 3.8) is 0 Å². The summed E-state index contributed by atoms with van der Waals surface area (Å²) in [5.41, 5.74) is 7.33. The van der Waals surface area contributed by atoms with E-state index in [1.807, 2.05) is 0 Å². The lowest BCUT2D eigenvalue weighted by atomic mass is 9.77. The summed E-state index contributed by atoms with van der Waals surface area (Å²) in [5, 5.41) is 12.7. The maximum atomic E-state index is 14.4. The predicted molar refractivity (Wildman–Crippen MR) is 131 cm³/mol. The molecule has 1 atom stereocenters. The van der Waals surface area contributed by atoms with Crippen LogP contribution in [0.4, 0.5) is 20.4 Å². The number of phenols is 1. The van der Waals surface area contributed by atoms with Gasteiger partial charge in [0, 0.05) is 25.0 Å². The van der Waals surface area contributed by atoms with Gasteiger partial charge in [0.2, 0.25) is 5.91 Å². The lowest BCUT2D eigenvalue weighted by molar-refractivity contribution is -0.119. The summed E-state index contributed by atoms with van der Waals surface area (Å²) in [7, 11) is 0. The average Bonchev–Trinajstić information content (AvgIpc) is 3.44. The first kappa shape index (κ1) is 22.5. The first-order valence-corrected chi connectivity index (χ1v) is 11.3. The number of fused-ring (bicyclic) bond motifs is 2. The number of aromatic hydroxyl groups is 1. The Kier molecular flexibility index (Phi) is 4.90. The average molecular weight is 499 g/mol. The van der Waals surface area contributed by atoms with Crippen molar-refractivity contribution in [3.8, 4) is 17.3 Å². The molecule has 4 N–H and O–H groups in total. The molecular formula is C26H19F2N7O2. The summed E-state index contributed by atoms with van der Waals surface area (Å²) in [6.07, 6.45) is 4.86. The molecule has 184 valence electrons. The summed E-state index contributed by atoms with van der Waals surface area (Å²) in [6, 6.07) is 9.59. The summed E-state index contributed by atoms with van der Waals surface area (Å²) in [5.74, 6) is -1.06. The van der Waals surface area contributed by atoms with Crippen LogP contribution in [0.15, 0.2) is 61.1 Å². The van der Waals surface area contributed by atoms with Gasteiger partial charge in [-0.3, -0.25) is 4.79 Å². The van der Waals surface area contributed by atoms with Crippen LogP contribution in [0.3, 0.4) is 0 Å². The molecule has 0 saturated carbocycles. The number of amides is 1. The fourth-order valence-corrected chi connectivity index (χ4v) is 4.70. The number of benzene rings is 2. The van der Waals surface area contributed by atoms with Gasteiger partial charge in [-0.25, -0.2) is 28.7 Å². The molecule has 1 amide bonds. The second-order valence-electron chi connectivity index (χ2n) is 8.93. The summed E-state index contributed by atoms with van der Waals surface area (Å²) in [6.45, 7) is 1.68. The Labute approximate surface area is 208 Å². The molecule has 1 aliphatic heterocycles. The van der Waals surface area contributed by atoms with Gasteiger partial charge < -0.3 is 20.6 Å². The molecular weight excluding hydrogens is 480 g/mol. The number of nitrogens with zero attached hydrogens (tertiary/aromatic N) is 5. The largest absolute Gasteiger partial charge is 0.508 e. The Morgan fingerprint density at radius 3 is 2.78 bits per heavy atom. The van der Waals surface area contributed by atoms with Crippen molar-refractivity contribution in [2.75, 3.05) is 11.1 Å². The molecule has 0 saturated heterocycles. The van der Waals surface area contributed by atoms with E-state index < -0.39 is 17.0 Å². The zero-order valence-corrected chi connectivity index (χ0v) is 19.4. The number of phenolic OH excluding ortho intramolecular Hbond substituents is 1. The van der Waals surface area contributed by atoms with E-state index in [0.717, 1.165) is 18.2 Å². The number of nitrogens with two attached hydrogens (primary N) is 1. The number of halogens is 2. The van der Waals surface area contributed by atoms with E-state index in [9.17, 15) is 18.7 Å². The molecule has 0 bridgehead atoms. The lowest BCUT2D eigenvalue weighted by Gasteiger charge is -2.23. The third-order valence-corrected chi connectivity index (χ3v) is 6.58. The molecule has 0 radical (unpaired) electrons. The van der Waals surface area contributed by atoms with Gasteiger partial charge in [-0.15, -0.1) is 0 Å². The highest BCUT2D eigenvalue weighted by molar-refractivity contribution is 6.09. The highest BCUT2D eigenvalue weighted by Gasteiger charge is 2.47. The van der Waals surface area contributed by atoms with Crippen molar-refractivity contribution < 1.29 is 18.7 Å². The van der Waals surface area contributed by atoms with Gasteiger partial charge in [-0.2, -0.15) is 0 Å². The van der Waals surface area contributed by atoms with E-state index in [1.54, 1.807) is 42.0 Å². The lowest BCUT2D eigenvalue weighted by Crippen LogP contribution is -2.32. The number of anilines is 2. The van der Waals surface area contributed by atoms with E-state index in [-0.39, 0.29) is 41.1 Å². The first-order valence-electron chi connectivity index (χ1n) is 11.3. The normalized spacial score (nSPS) is 16.7. The highest BCUT2D eigenvalue weighted by Crippen LogP contribution is 2.45. The van der Waals surface area contributed by atoms with Crippen LogP contribution in [0.5, 0.6) is 5.75 Å². The van der Waals surface area contributed by atoms with Gasteiger partial charge in [-0.1, -0.05) is 12.1 Å². The van der Waals surface area contributed by atoms with Crippen LogP contribution >= 0.6 is 0 Å². The molecule has 37 heavy (non-hydrogen) atoms. The molecule has 0 unspecified atom stereocenters. The van der Waals surface area contributed by atoms with Gasteiger partial charge in [-0.05, 0) is 48.4 Å². The van der Waals surface area contributed by atoms with Crippen LogP contribution in [0.1, 0.15) is 29.3 Å². The van der Waals surface area contributed by atoms with E-state index in [2.05, 4.69) is 25.3 Å². The standard InChI is InChI=1S/C26H19F2N7O2/c1-26(14-3-2-4-16(36)11-14)20-21(29)32-22(33-23(20)34-25(26)37)19-12-35-8-7-30-24(35)18(31-19)10-13-9-15(27)5-6-17(13)28/h2-9,11-12,36H,10H2,1H3,(H3,29,32,33,34,37)/t26-/m0/s1. The number of aromatic nitrogens is 5. The maximum Gasteiger partial charge on any atom is 0.240 e. The quantitative estimate of drug-likeness (QED) is 0.344. The van der Waals surface area contributed by atoms with Crippen LogP contribution < -0.4 is 11.1 Å². The number of carbonyl (C=O) groups is 1. The SMILES string of the molecule is C[C@@]1(c2cccc(O)c2)C(=O)Nc2nc(-c3cn4ccnc4c(Cc4cc(F)ccc4F)n3)nc(N)c21. The summed E-state index contributed by atoms with van der Waals surface area (Å²) >= 11 is 0. The summed E-state index contributed by atoms with van der Waals surface area (Å²) in [4.78, 5) is 31.0. The molecule has 5 aromatic rings. The van der Waals surface area contributed by atoms with Crippen molar-refractivity contribution in [1.82, 2.24) is 24.3 Å². The Morgan fingerprint density at radius 2 is 1.97 bits per heavy atom. The van der Waals surface area contributed by atoms with Crippen molar-refractivity contribution in [2.24, 2.45) is 0 Å². The molecule has 2 aromatic carbocycles. The van der Waals surface area contributed by atoms with Gasteiger partial charge in [0.25, 0.3) is 0 Å². The third-order valence-electron chi connectivity index (χ3n) is 6.58. The minimum atomic E-state index is -1.22. The number of hydrogen-bond donors (Lipinski definition) is 3. The molecule has 0 aliphatic carbocycles. The Bertz CT molecular complexity index is 1740. The Balaban J connectivity index is 1.47. The van der Waals surface area contributed by atoms with Gasteiger partial charge in [0.05, 0.1) is 11.3 Å². The van der Waals surface area contributed by atoms with Crippen molar-refractivity contribution >= 4 is 23.2 Å². The monoisotopic (exact) mass is 499 g/mol. The number of carbonyl (C=O) groups excluding carboxylic acids is 1. The van der Waals surface area contributed by atoms with E-state index >= 15 is 0 Å². The zero-order valence-electron chi connectivity index (χ0n) is 19.4. The Hall–Kier alpha value is -4.93. The van der Waals surface area contributed by atoms with E-state index in [4.69, 9.17) is 5.73 Å². The van der Waals surface area contributed by atoms with Crippen molar-refractivity contribution in [2.45, 2.75) is 18.8 Å². The highest BCUT2D eigenvalue weighted by atomic mass is 19.1. The molecule has 0 spiro atoms. The van der Waals surface area contributed by atoms with Crippen LogP contribution in [0.2, 0.25) is 0 Å². The Morgan fingerprint density at radius 1 is 1.14 bits per heavy atom. The van der Waals surface area contributed by atoms with Crippen LogP contribution in [-0.2, 0) is 16.6 Å². The number of imidazole rings is 1. The van der Waals surface area contributed by atoms with Crippen LogP contribution in [-0.4, -0.2) is 35.4 Å². The molecule has 4 heterocycles. The molecule has 3 aromatic heterocycles. The first-order chi connectivity index (χ1) is 17.7. The minimum Gasteiger partial charge on any atom is -0.508 e. The predicted octanol–water partition coefficient (Wildman–Crippen LogP) is 3.60. The fourth-order valence-electron chi connectivity index (χ4n) is 4.70. The third kappa shape index (κ3) is 3.54. The number of hydrogen-bond acceptors (Lipinski definition) is 7. The molecule has 6 rings (SSSR count). The van der Waals surface area contributed by atoms with Gasteiger partial charge >= 0.3 is 0 Å². The van der Waals surface area contributed by atoms with E-state index in [0.29, 0.717) is 28.2 Å². The number of nitrogens with one attached hydrogen (secondary N) is 1. The number of nitrogen functional groups attached to an aromatic ring is 1. The van der Waals surface area contributed by atoms with Crippen molar-refractivity contribution in [1.29, 1.82) is 0 Å². The topological polar surface area (TPSA) is 131 Å². The molecule has 1 aliphatic rings.